The summed E-state index contributed by atoms with van der Waals surface area (Å²) in [5.74, 6) is -1.13. The molecule has 1 fully saturated rings. The van der Waals surface area contributed by atoms with Crippen LogP contribution in [-0.2, 0) is 10.0 Å². The number of rotatable bonds is 5. The maximum atomic E-state index is 12.1. The average molecular weight is 298 g/mol. The third-order valence-electron chi connectivity index (χ3n) is 3.76. The summed E-state index contributed by atoms with van der Waals surface area (Å²) >= 11 is 0. The van der Waals surface area contributed by atoms with Crippen LogP contribution in [0.1, 0.15) is 43.0 Å². The first kappa shape index (κ1) is 14.9. The molecule has 0 aliphatic heterocycles. The minimum absolute atomic E-state index is 0.00801. The van der Waals surface area contributed by atoms with E-state index in [-0.39, 0.29) is 16.0 Å². The van der Waals surface area contributed by atoms with Crippen molar-refractivity contribution in [1.82, 2.24) is 9.71 Å². The second-order valence-corrected chi connectivity index (χ2v) is 7.25. The molecule has 110 valence electrons. The second-order valence-electron chi connectivity index (χ2n) is 5.53. The van der Waals surface area contributed by atoms with Crippen molar-refractivity contribution < 1.29 is 18.3 Å². The van der Waals surface area contributed by atoms with Gasteiger partial charge in [0.05, 0.1) is 5.56 Å². The van der Waals surface area contributed by atoms with Gasteiger partial charge in [-0.15, -0.1) is 0 Å². The van der Waals surface area contributed by atoms with Crippen molar-refractivity contribution in [3.05, 3.63) is 23.9 Å². The van der Waals surface area contributed by atoms with Crippen LogP contribution >= 0.6 is 0 Å². The Morgan fingerprint density at radius 1 is 1.40 bits per heavy atom. The first-order valence-corrected chi connectivity index (χ1v) is 8.00. The lowest BCUT2D eigenvalue weighted by atomic mass is 9.89. The second kappa shape index (κ2) is 5.49. The molecule has 0 amide bonds. The molecule has 2 N–H and O–H groups in total. The molecule has 0 saturated heterocycles. The van der Waals surface area contributed by atoms with Crippen molar-refractivity contribution in [3.8, 4) is 0 Å². The number of aromatic carboxylic acids is 1. The van der Waals surface area contributed by atoms with Gasteiger partial charge in [-0.1, -0.05) is 19.8 Å². The highest BCUT2D eigenvalue weighted by molar-refractivity contribution is 7.89. The predicted molar refractivity (Wildman–Crippen MR) is 73.0 cm³/mol. The molecule has 0 atom stereocenters. The standard InChI is InChI=1S/C13H18N2O4S/c1-13(6-2-3-7-13)9-15-20(18,19)11-5-4-10(8-14-11)12(16)17/h4-5,8,15H,2-3,6-7,9H2,1H3,(H,16,17). The van der Waals surface area contributed by atoms with E-state index >= 15 is 0 Å². The van der Waals surface area contributed by atoms with E-state index in [9.17, 15) is 13.2 Å². The molecule has 1 aliphatic carbocycles. The molecule has 7 heteroatoms. The van der Waals surface area contributed by atoms with Gasteiger partial charge in [0.2, 0.25) is 0 Å². The van der Waals surface area contributed by atoms with Crippen LogP contribution in [-0.4, -0.2) is 31.0 Å². The molecule has 1 aliphatic rings. The van der Waals surface area contributed by atoms with Crippen LogP contribution in [0, 0.1) is 5.41 Å². The molecule has 1 aromatic rings. The number of aromatic nitrogens is 1. The zero-order chi connectivity index (χ0) is 14.8. The third-order valence-corrected chi connectivity index (χ3v) is 5.07. The lowest BCUT2D eigenvalue weighted by Gasteiger charge is -2.23. The number of nitrogens with one attached hydrogen (secondary N) is 1. The highest BCUT2D eigenvalue weighted by Gasteiger charge is 2.30. The summed E-state index contributed by atoms with van der Waals surface area (Å²) in [5.41, 5.74) is -0.0274. The third kappa shape index (κ3) is 3.34. The SMILES string of the molecule is CC1(CNS(=O)(=O)c2ccc(C(=O)O)cn2)CCCC1. The summed E-state index contributed by atoms with van der Waals surface area (Å²) in [4.78, 5) is 14.4. The largest absolute Gasteiger partial charge is 0.478 e. The van der Waals surface area contributed by atoms with Crippen LogP contribution in [0.4, 0.5) is 0 Å². The summed E-state index contributed by atoms with van der Waals surface area (Å²) in [6, 6.07) is 2.45. The first-order chi connectivity index (χ1) is 9.32. The minimum Gasteiger partial charge on any atom is -0.478 e. The fourth-order valence-electron chi connectivity index (χ4n) is 2.41. The van der Waals surface area contributed by atoms with Gasteiger partial charge in [-0.3, -0.25) is 0 Å². The highest BCUT2D eigenvalue weighted by atomic mass is 32.2. The molecule has 20 heavy (non-hydrogen) atoms. The van der Waals surface area contributed by atoms with Gasteiger partial charge in [-0.05, 0) is 30.4 Å². The van der Waals surface area contributed by atoms with Gasteiger partial charge < -0.3 is 5.11 Å². The molecule has 0 aromatic carbocycles. The number of carbonyl (C=O) groups is 1. The predicted octanol–water partition coefficient (Wildman–Crippen LogP) is 1.64. The summed E-state index contributed by atoms with van der Waals surface area (Å²) in [6.07, 6.45) is 5.34. The topological polar surface area (TPSA) is 96.4 Å². The molecule has 0 spiro atoms. The Labute approximate surface area is 118 Å². The van der Waals surface area contributed by atoms with Gasteiger partial charge in [0.15, 0.2) is 5.03 Å². The zero-order valence-electron chi connectivity index (χ0n) is 11.3. The highest BCUT2D eigenvalue weighted by Crippen LogP contribution is 2.36. The van der Waals surface area contributed by atoms with Gasteiger partial charge in [0.25, 0.3) is 10.0 Å². The van der Waals surface area contributed by atoms with Crippen LogP contribution in [0.5, 0.6) is 0 Å². The van der Waals surface area contributed by atoms with Gasteiger partial charge in [-0.25, -0.2) is 22.9 Å². The minimum atomic E-state index is -3.68. The zero-order valence-corrected chi connectivity index (χ0v) is 12.1. The maximum Gasteiger partial charge on any atom is 0.337 e. The normalized spacial score (nSPS) is 18.1. The molecule has 6 nitrogen and oxygen atoms in total. The van der Waals surface area contributed by atoms with Crippen LogP contribution in [0.15, 0.2) is 23.4 Å². The Bertz CT molecular complexity index is 589. The number of nitrogens with zero attached hydrogens (tertiary/aromatic N) is 1. The number of sulfonamides is 1. The van der Waals surface area contributed by atoms with Crippen LogP contribution in [0.2, 0.25) is 0 Å². The first-order valence-electron chi connectivity index (χ1n) is 6.51. The smallest absolute Gasteiger partial charge is 0.337 e. The van der Waals surface area contributed by atoms with Crippen LogP contribution < -0.4 is 4.72 Å². The number of pyridine rings is 1. The lowest BCUT2D eigenvalue weighted by Crippen LogP contribution is -2.34. The maximum absolute atomic E-state index is 12.1. The van der Waals surface area contributed by atoms with Gasteiger partial charge in [0.1, 0.15) is 0 Å². The molecule has 2 rings (SSSR count). The van der Waals surface area contributed by atoms with Gasteiger partial charge in [-0.2, -0.15) is 0 Å². The quantitative estimate of drug-likeness (QED) is 0.861. The van der Waals surface area contributed by atoms with Gasteiger partial charge >= 0.3 is 5.97 Å². The van der Waals surface area contributed by atoms with E-state index in [2.05, 4.69) is 16.6 Å². The Balaban J connectivity index is 2.08. The fourth-order valence-corrected chi connectivity index (χ4v) is 3.54. The molecule has 0 bridgehead atoms. The number of carboxylic acid groups (broad SMARTS) is 1. The van der Waals surface area contributed by atoms with E-state index in [4.69, 9.17) is 5.11 Å². The van der Waals surface area contributed by atoms with E-state index in [0.29, 0.717) is 6.54 Å². The number of hydrogen-bond donors (Lipinski definition) is 2. The summed E-state index contributed by atoms with van der Waals surface area (Å²) in [6.45, 7) is 2.46. The molecule has 0 radical (unpaired) electrons. The van der Waals surface area contributed by atoms with E-state index in [1.807, 2.05) is 0 Å². The Morgan fingerprint density at radius 2 is 2.05 bits per heavy atom. The Kier molecular flexibility index (Phi) is 4.10. The van der Waals surface area contributed by atoms with Crippen molar-refractivity contribution in [2.24, 2.45) is 5.41 Å². The van der Waals surface area contributed by atoms with Crippen LogP contribution in [0.3, 0.4) is 0 Å². The molecule has 1 heterocycles. The van der Waals surface area contributed by atoms with Crippen molar-refractivity contribution >= 4 is 16.0 Å². The monoisotopic (exact) mass is 298 g/mol. The molecule has 0 unspecified atom stereocenters. The Morgan fingerprint density at radius 3 is 2.55 bits per heavy atom. The van der Waals surface area contributed by atoms with E-state index in [0.717, 1.165) is 31.9 Å². The molecular formula is C13H18N2O4S. The van der Waals surface area contributed by atoms with Crippen molar-refractivity contribution in [2.45, 2.75) is 37.6 Å². The number of hydrogen-bond acceptors (Lipinski definition) is 4. The number of carboxylic acids is 1. The molecule has 1 saturated carbocycles. The molecular weight excluding hydrogens is 280 g/mol. The van der Waals surface area contributed by atoms with Gasteiger partial charge in [0, 0.05) is 12.7 Å². The fraction of sp³-hybridized carbons (Fsp3) is 0.538. The van der Waals surface area contributed by atoms with E-state index in [1.165, 1.54) is 12.1 Å². The Hall–Kier alpha value is -1.47. The van der Waals surface area contributed by atoms with Crippen molar-refractivity contribution in [2.75, 3.05) is 6.54 Å². The van der Waals surface area contributed by atoms with Crippen LogP contribution in [0.25, 0.3) is 0 Å². The van der Waals surface area contributed by atoms with E-state index < -0.39 is 16.0 Å². The van der Waals surface area contributed by atoms with E-state index in [1.54, 1.807) is 0 Å². The lowest BCUT2D eigenvalue weighted by molar-refractivity contribution is 0.0696. The van der Waals surface area contributed by atoms with Crippen molar-refractivity contribution in [3.63, 3.8) is 0 Å². The summed E-state index contributed by atoms with van der Waals surface area (Å²) < 4.78 is 26.8. The summed E-state index contributed by atoms with van der Waals surface area (Å²) in [7, 11) is -3.68. The molecule has 1 aromatic heterocycles. The van der Waals surface area contributed by atoms with Crippen molar-refractivity contribution in [1.29, 1.82) is 0 Å². The summed E-state index contributed by atoms with van der Waals surface area (Å²) in [5, 5.41) is 8.61. The average Bonchev–Trinajstić information content (AvgIpc) is 2.84.